The lowest BCUT2D eigenvalue weighted by atomic mass is 10.2. The second-order valence-corrected chi connectivity index (χ2v) is 6.57. The van der Waals surface area contributed by atoms with E-state index in [2.05, 4.69) is 46.5 Å². The molecule has 1 saturated carbocycles. The van der Waals surface area contributed by atoms with Crippen LogP contribution >= 0.6 is 24.0 Å². The van der Waals surface area contributed by atoms with Gasteiger partial charge in [-0.1, -0.05) is 38.8 Å². The van der Waals surface area contributed by atoms with E-state index in [1.54, 1.807) is 0 Å². The van der Waals surface area contributed by atoms with Crippen molar-refractivity contribution in [1.82, 2.24) is 15.5 Å². The summed E-state index contributed by atoms with van der Waals surface area (Å²) in [5, 5.41) is 6.90. The quantitative estimate of drug-likeness (QED) is 0.326. The van der Waals surface area contributed by atoms with Gasteiger partial charge in [0, 0.05) is 26.2 Å². The van der Waals surface area contributed by atoms with Crippen molar-refractivity contribution >= 4 is 29.9 Å². The number of rotatable bonds is 9. The maximum absolute atomic E-state index is 5.83. The monoisotopic (exact) mass is 474 g/mol. The van der Waals surface area contributed by atoms with Crippen molar-refractivity contribution in [2.45, 2.75) is 52.1 Å². The molecule has 148 valence electrons. The summed E-state index contributed by atoms with van der Waals surface area (Å²) in [6.45, 7) is 8.98. The summed E-state index contributed by atoms with van der Waals surface area (Å²) in [6.07, 6.45) is 5.15. The summed E-state index contributed by atoms with van der Waals surface area (Å²) in [7, 11) is 1.83. The Morgan fingerprint density at radius 2 is 1.81 bits per heavy atom. The van der Waals surface area contributed by atoms with Gasteiger partial charge in [0.2, 0.25) is 0 Å². The van der Waals surface area contributed by atoms with Crippen molar-refractivity contribution in [3.05, 3.63) is 29.8 Å². The Morgan fingerprint density at radius 3 is 2.38 bits per heavy atom. The molecule has 1 fully saturated rings. The Bertz CT molecular complexity index is 511. The Labute approximate surface area is 176 Å². The van der Waals surface area contributed by atoms with Gasteiger partial charge >= 0.3 is 0 Å². The lowest BCUT2D eigenvalue weighted by Crippen LogP contribution is -2.41. The van der Waals surface area contributed by atoms with Crippen molar-refractivity contribution in [2.24, 2.45) is 4.99 Å². The molecule has 1 aliphatic rings. The number of hydrogen-bond acceptors (Lipinski definition) is 3. The van der Waals surface area contributed by atoms with Crippen molar-refractivity contribution in [2.75, 3.05) is 33.3 Å². The molecular formula is C20H35IN4O. The highest BCUT2D eigenvalue weighted by molar-refractivity contribution is 14.0. The first-order valence-corrected chi connectivity index (χ1v) is 9.66. The Morgan fingerprint density at radius 1 is 1.15 bits per heavy atom. The fraction of sp³-hybridized carbons (Fsp3) is 0.650. The highest BCUT2D eigenvalue weighted by Crippen LogP contribution is 2.17. The second kappa shape index (κ2) is 13.2. The van der Waals surface area contributed by atoms with Crippen molar-refractivity contribution in [3.8, 4) is 5.75 Å². The van der Waals surface area contributed by atoms with Crippen LogP contribution in [-0.2, 0) is 6.54 Å². The molecule has 2 rings (SSSR count). The molecule has 1 aromatic rings. The van der Waals surface area contributed by atoms with Crippen molar-refractivity contribution < 1.29 is 4.74 Å². The number of hydrogen-bond donors (Lipinski definition) is 2. The van der Waals surface area contributed by atoms with Crippen LogP contribution in [0.4, 0.5) is 0 Å². The number of guanidine groups is 1. The first kappa shape index (κ1) is 23.0. The molecule has 0 bridgehead atoms. The Kier molecular flexibility index (Phi) is 11.7. The summed E-state index contributed by atoms with van der Waals surface area (Å²) < 4.78 is 5.83. The van der Waals surface area contributed by atoms with Gasteiger partial charge in [0.1, 0.15) is 12.4 Å². The molecule has 5 nitrogen and oxygen atoms in total. The Balaban J connectivity index is 0.00000338. The van der Waals surface area contributed by atoms with Gasteiger partial charge in [0.25, 0.3) is 0 Å². The van der Waals surface area contributed by atoms with E-state index in [-0.39, 0.29) is 24.0 Å². The largest absolute Gasteiger partial charge is 0.492 e. The number of aliphatic imine (C=N–C) groups is 1. The lowest BCUT2D eigenvalue weighted by Gasteiger charge is -2.18. The van der Waals surface area contributed by atoms with Crippen LogP contribution in [0.1, 0.15) is 45.1 Å². The second-order valence-electron chi connectivity index (χ2n) is 6.57. The van der Waals surface area contributed by atoms with Crippen LogP contribution in [0.15, 0.2) is 29.3 Å². The molecule has 1 aromatic carbocycles. The number of benzene rings is 1. The van der Waals surface area contributed by atoms with E-state index in [4.69, 9.17) is 4.74 Å². The normalized spacial score (nSPS) is 15.0. The Hall–Kier alpha value is -1.02. The first-order chi connectivity index (χ1) is 12.2. The standard InChI is InChI=1S/C20H34N4O.HI/c1-4-24(5-2)14-15-25-19-12-10-17(11-13-19)16-22-20(21-3)23-18-8-6-7-9-18;/h10-13,18H,4-9,14-16H2,1-3H3,(H2,21,22,23);1H. The average molecular weight is 474 g/mol. The van der Waals surface area contributed by atoms with Crippen LogP contribution in [-0.4, -0.2) is 50.2 Å². The highest BCUT2D eigenvalue weighted by Gasteiger charge is 2.15. The van der Waals surface area contributed by atoms with Gasteiger partial charge in [-0.15, -0.1) is 24.0 Å². The van der Waals surface area contributed by atoms with Gasteiger partial charge in [0.05, 0.1) is 0 Å². The third kappa shape index (κ3) is 8.12. The molecule has 26 heavy (non-hydrogen) atoms. The number of nitrogens with zero attached hydrogens (tertiary/aromatic N) is 2. The summed E-state index contributed by atoms with van der Waals surface area (Å²) >= 11 is 0. The molecule has 1 aliphatic carbocycles. The minimum absolute atomic E-state index is 0. The molecule has 0 saturated heterocycles. The molecule has 0 amide bonds. The fourth-order valence-electron chi connectivity index (χ4n) is 3.18. The van der Waals surface area contributed by atoms with Gasteiger partial charge in [0.15, 0.2) is 5.96 Å². The van der Waals surface area contributed by atoms with Gasteiger partial charge in [-0.25, -0.2) is 0 Å². The predicted octanol–water partition coefficient (Wildman–Crippen LogP) is 3.63. The maximum Gasteiger partial charge on any atom is 0.191 e. The third-order valence-corrected chi connectivity index (χ3v) is 4.87. The smallest absolute Gasteiger partial charge is 0.191 e. The molecule has 0 aliphatic heterocycles. The molecule has 0 atom stereocenters. The summed E-state index contributed by atoms with van der Waals surface area (Å²) in [5.74, 6) is 1.83. The fourth-order valence-corrected chi connectivity index (χ4v) is 3.18. The average Bonchev–Trinajstić information content (AvgIpc) is 3.16. The summed E-state index contributed by atoms with van der Waals surface area (Å²) in [4.78, 5) is 6.68. The maximum atomic E-state index is 5.83. The van der Waals surface area contributed by atoms with E-state index in [0.29, 0.717) is 6.04 Å². The number of ether oxygens (including phenoxy) is 1. The van der Waals surface area contributed by atoms with E-state index in [0.717, 1.165) is 44.5 Å². The predicted molar refractivity (Wildman–Crippen MR) is 121 cm³/mol. The third-order valence-electron chi connectivity index (χ3n) is 4.87. The zero-order valence-electron chi connectivity index (χ0n) is 16.5. The van der Waals surface area contributed by atoms with Gasteiger partial charge < -0.3 is 20.3 Å². The zero-order chi connectivity index (χ0) is 17.9. The molecule has 0 heterocycles. The zero-order valence-corrected chi connectivity index (χ0v) is 18.8. The van der Waals surface area contributed by atoms with Crippen LogP contribution in [0.25, 0.3) is 0 Å². The van der Waals surface area contributed by atoms with Crippen molar-refractivity contribution in [3.63, 3.8) is 0 Å². The SMILES string of the molecule is CCN(CC)CCOc1ccc(CNC(=NC)NC2CCCC2)cc1.I. The minimum Gasteiger partial charge on any atom is -0.492 e. The lowest BCUT2D eigenvalue weighted by molar-refractivity contribution is 0.223. The highest BCUT2D eigenvalue weighted by atomic mass is 127. The minimum atomic E-state index is 0. The van der Waals surface area contributed by atoms with Gasteiger partial charge in [-0.05, 0) is 43.6 Å². The van der Waals surface area contributed by atoms with Gasteiger partial charge in [-0.3, -0.25) is 4.99 Å². The van der Waals surface area contributed by atoms with Crippen LogP contribution in [0.5, 0.6) is 5.75 Å². The van der Waals surface area contributed by atoms with E-state index in [1.807, 2.05) is 19.2 Å². The molecular weight excluding hydrogens is 439 g/mol. The number of nitrogens with one attached hydrogen (secondary N) is 2. The van der Waals surface area contributed by atoms with Crippen molar-refractivity contribution in [1.29, 1.82) is 0 Å². The number of halogens is 1. The molecule has 6 heteroatoms. The molecule has 0 aromatic heterocycles. The summed E-state index contributed by atoms with van der Waals surface area (Å²) in [6, 6.07) is 8.90. The van der Waals surface area contributed by atoms with Crippen LogP contribution in [0.2, 0.25) is 0 Å². The van der Waals surface area contributed by atoms with E-state index < -0.39 is 0 Å². The topological polar surface area (TPSA) is 48.9 Å². The molecule has 0 spiro atoms. The first-order valence-electron chi connectivity index (χ1n) is 9.66. The van der Waals surface area contributed by atoms with Crippen LogP contribution in [0, 0.1) is 0 Å². The molecule has 2 N–H and O–H groups in total. The molecule has 0 unspecified atom stereocenters. The van der Waals surface area contributed by atoms with E-state index >= 15 is 0 Å². The van der Waals surface area contributed by atoms with E-state index in [1.165, 1.54) is 31.2 Å². The van der Waals surface area contributed by atoms with Gasteiger partial charge in [-0.2, -0.15) is 0 Å². The van der Waals surface area contributed by atoms with Crippen LogP contribution in [0.3, 0.4) is 0 Å². The molecule has 0 radical (unpaired) electrons. The van der Waals surface area contributed by atoms with E-state index in [9.17, 15) is 0 Å². The number of likely N-dealkylation sites (N-methyl/N-ethyl adjacent to an activating group) is 1. The van der Waals surface area contributed by atoms with Crippen LogP contribution < -0.4 is 15.4 Å². The summed E-state index contributed by atoms with van der Waals surface area (Å²) in [5.41, 5.74) is 1.23.